The van der Waals surface area contributed by atoms with Crippen LogP contribution in [0.25, 0.3) is 5.57 Å². The van der Waals surface area contributed by atoms with E-state index >= 15 is 0 Å². The standard InChI is InChI=1S/C19H13BrCl2F4O/c1-2-7-18(27,12-3-5-13(20)6-4-12)10-14(19(24,25)26)11-8-15(21)17(23)16(22)9-11/h2-6,8-10,27H,1,7H2/b14-10+. The molecule has 1 nitrogen and oxygen atoms in total. The van der Waals surface area contributed by atoms with E-state index in [1.807, 2.05) is 0 Å². The lowest BCUT2D eigenvalue weighted by molar-refractivity contribution is -0.0703. The molecule has 0 spiro atoms. The van der Waals surface area contributed by atoms with Gasteiger partial charge in [-0.3, -0.25) is 0 Å². The summed E-state index contributed by atoms with van der Waals surface area (Å²) in [6, 6.07) is 7.80. The van der Waals surface area contributed by atoms with Gasteiger partial charge in [0.05, 0.1) is 15.6 Å². The van der Waals surface area contributed by atoms with Gasteiger partial charge in [-0.05, 0) is 41.5 Å². The van der Waals surface area contributed by atoms with E-state index in [0.29, 0.717) is 10.5 Å². The Balaban J connectivity index is 2.71. The van der Waals surface area contributed by atoms with Gasteiger partial charge in [-0.2, -0.15) is 13.2 Å². The van der Waals surface area contributed by atoms with Crippen molar-refractivity contribution in [3.05, 3.63) is 86.6 Å². The maximum atomic E-state index is 13.7. The van der Waals surface area contributed by atoms with Gasteiger partial charge in [0.1, 0.15) is 5.60 Å². The zero-order valence-corrected chi connectivity index (χ0v) is 16.7. The predicted molar refractivity (Wildman–Crippen MR) is 103 cm³/mol. The van der Waals surface area contributed by atoms with E-state index in [9.17, 15) is 22.7 Å². The fourth-order valence-corrected chi connectivity index (χ4v) is 3.25. The third-order valence-corrected chi connectivity index (χ3v) is 4.86. The molecule has 0 saturated heterocycles. The van der Waals surface area contributed by atoms with Gasteiger partial charge in [0, 0.05) is 10.9 Å². The number of alkyl halides is 3. The fourth-order valence-electron chi connectivity index (χ4n) is 2.50. The Kier molecular flexibility index (Phi) is 6.79. The zero-order valence-electron chi connectivity index (χ0n) is 13.6. The molecule has 1 N–H and O–H groups in total. The monoisotopic (exact) mass is 482 g/mol. The smallest absolute Gasteiger partial charge is 0.381 e. The van der Waals surface area contributed by atoms with Crippen molar-refractivity contribution in [2.45, 2.75) is 18.2 Å². The molecule has 27 heavy (non-hydrogen) atoms. The molecular weight excluding hydrogens is 471 g/mol. The average Bonchev–Trinajstić information content (AvgIpc) is 2.57. The van der Waals surface area contributed by atoms with E-state index in [1.54, 1.807) is 12.1 Å². The molecule has 0 bridgehead atoms. The summed E-state index contributed by atoms with van der Waals surface area (Å²) in [6.07, 6.45) is -3.07. The van der Waals surface area contributed by atoms with Crippen LogP contribution in [-0.2, 0) is 5.60 Å². The Morgan fingerprint density at radius 2 is 1.63 bits per heavy atom. The number of hydrogen-bond donors (Lipinski definition) is 1. The minimum Gasteiger partial charge on any atom is -0.381 e. The molecule has 0 aromatic heterocycles. The van der Waals surface area contributed by atoms with Crippen LogP contribution in [0.1, 0.15) is 17.5 Å². The Morgan fingerprint density at radius 1 is 1.11 bits per heavy atom. The number of aliphatic hydroxyl groups is 1. The summed E-state index contributed by atoms with van der Waals surface area (Å²) in [5.74, 6) is -1.02. The Bertz CT molecular complexity index is 855. The van der Waals surface area contributed by atoms with Gasteiger partial charge >= 0.3 is 6.18 Å². The highest BCUT2D eigenvalue weighted by Gasteiger charge is 2.39. The van der Waals surface area contributed by atoms with Crippen LogP contribution in [0.4, 0.5) is 17.6 Å². The van der Waals surface area contributed by atoms with Crippen LogP contribution in [0.3, 0.4) is 0 Å². The lowest BCUT2D eigenvalue weighted by Crippen LogP contribution is -2.25. The van der Waals surface area contributed by atoms with Crippen molar-refractivity contribution < 1.29 is 22.7 Å². The molecule has 1 atom stereocenters. The van der Waals surface area contributed by atoms with Crippen LogP contribution < -0.4 is 0 Å². The van der Waals surface area contributed by atoms with Crippen molar-refractivity contribution in [3.63, 3.8) is 0 Å². The maximum absolute atomic E-state index is 13.7. The van der Waals surface area contributed by atoms with E-state index < -0.39 is 38.8 Å². The normalized spacial score (nSPS) is 14.7. The fraction of sp³-hybridized carbons (Fsp3) is 0.158. The topological polar surface area (TPSA) is 20.2 Å². The number of halogens is 7. The first kappa shape index (κ1) is 22.0. The number of hydrogen-bond acceptors (Lipinski definition) is 1. The van der Waals surface area contributed by atoms with Gasteiger partial charge in [-0.15, -0.1) is 6.58 Å². The van der Waals surface area contributed by atoms with Crippen molar-refractivity contribution in [2.75, 3.05) is 0 Å². The molecule has 0 aliphatic heterocycles. The second kappa shape index (κ2) is 8.35. The van der Waals surface area contributed by atoms with Crippen LogP contribution in [0.5, 0.6) is 0 Å². The number of rotatable bonds is 5. The summed E-state index contributed by atoms with van der Waals surface area (Å²) < 4.78 is 55.5. The first-order valence-electron chi connectivity index (χ1n) is 7.52. The minimum atomic E-state index is -4.85. The third-order valence-electron chi connectivity index (χ3n) is 3.78. The lowest BCUT2D eigenvalue weighted by atomic mass is 9.86. The molecule has 2 rings (SSSR count). The molecule has 8 heteroatoms. The quantitative estimate of drug-likeness (QED) is 0.268. The first-order valence-corrected chi connectivity index (χ1v) is 9.07. The molecule has 0 heterocycles. The maximum Gasteiger partial charge on any atom is 0.416 e. The predicted octanol–water partition coefficient (Wildman–Crippen LogP) is 7.30. The van der Waals surface area contributed by atoms with Crippen molar-refractivity contribution >= 4 is 44.7 Å². The van der Waals surface area contributed by atoms with Gasteiger partial charge in [-0.1, -0.05) is 57.3 Å². The van der Waals surface area contributed by atoms with E-state index in [4.69, 9.17) is 23.2 Å². The van der Waals surface area contributed by atoms with E-state index in [-0.39, 0.29) is 12.0 Å². The van der Waals surface area contributed by atoms with Crippen molar-refractivity contribution in [1.29, 1.82) is 0 Å². The largest absolute Gasteiger partial charge is 0.416 e. The summed E-state index contributed by atoms with van der Waals surface area (Å²) in [5, 5.41) is 9.85. The van der Waals surface area contributed by atoms with Crippen LogP contribution in [0.2, 0.25) is 10.0 Å². The average molecular weight is 484 g/mol. The van der Waals surface area contributed by atoms with E-state index in [2.05, 4.69) is 22.5 Å². The highest BCUT2D eigenvalue weighted by molar-refractivity contribution is 9.10. The van der Waals surface area contributed by atoms with Crippen LogP contribution >= 0.6 is 39.1 Å². The van der Waals surface area contributed by atoms with Crippen LogP contribution in [-0.4, -0.2) is 11.3 Å². The number of benzene rings is 2. The lowest BCUT2D eigenvalue weighted by Gasteiger charge is -2.26. The molecular formula is C19H13BrCl2F4O. The van der Waals surface area contributed by atoms with Gasteiger partial charge in [0.25, 0.3) is 0 Å². The van der Waals surface area contributed by atoms with Crippen LogP contribution in [0, 0.1) is 5.82 Å². The second-order valence-electron chi connectivity index (χ2n) is 5.73. The molecule has 0 aliphatic rings. The SMILES string of the molecule is C=CCC(O)(/C=C(\c1cc(Cl)c(F)c(Cl)c1)C(F)(F)F)c1ccc(Br)cc1. The summed E-state index contributed by atoms with van der Waals surface area (Å²) in [4.78, 5) is 0. The second-order valence-corrected chi connectivity index (χ2v) is 7.46. The third kappa shape index (κ3) is 5.13. The Morgan fingerprint density at radius 3 is 2.07 bits per heavy atom. The van der Waals surface area contributed by atoms with Crippen molar-refractivity contribution in [3.8, 4) is 0 Å². The highest BCUT2D eigenvalue weighted by atomic mass is 79.9. The van der Waals surface area contributed by atoms with Crippen molar-refractivity contribution in [2.24, 2.45) is 0 Å². The Hall–Kier alpha value is -1.34. The molecule has 2 aromatic carbocycles. The minimum absolute atomic E-state index is 0.184. The summed E-state index contributed by atoms with van der Waals surface area (Å²) >= 11 is 14.5. The van der Waals surface area contributed by atoms with Crippen LogP contribution in [0.15, 0.2) is 59.6 Å². The van der Waals surface area contributed by atoms with E-state index in [1.165, 1.54) is 18.2 Å². The van der Waals surface area contributed by atoms with Gasteiger partial charge in [0.2, 0.25) is 0 Å². The first-order chi connectivity index (χ1) is 12.5. The summed E-state index contributed by atoms with van der Waals surface area (Å²) in [6.45, 7) is 3.50. The summed E-state index contributed by atoms with van der Waals surface area (Å²) in [5.41, 5.74) is -3.43. The Labute approximate surface area is 172 Å². The number of allylic oxidation sites excluding steroid dienone is 1. The molecule has 0 fully saturated rings. The highest BCUT2D eigenvalue weighted by Crippen LogP contribution is 2.41. The molecule has 0 radical (unpaired) electrons. The molecule has 144 valence electrons. The van der Waals surface area contributed by atoms with Gasteiger partial charge < -0.3 is 5.11 Å². The van der Waals surface area contributed by atoms with E-state index in [0.717, 1.165) is 12.1 Å². The summed E-state index contributed by atoms with van der Waals surface area (Å²) in [7, 11) is 0. The molecule has 0 saturated carbocycles. The molecule has 0 aliphatic carbocycles. The molecule has 0 amide bonds. The molecule has 2 aromatic rings. The zero-order chi connectivity index (χ0) is 20.4. The van der Waals surface area contributed by atoms with Gasteiger partial charge in [0.15, 0.2) is 5.82 Å². The van der Waals surface area contributed by atoms with Crippen molar-refractivity contribution in [1.82, 2.24) is 0 Å². The molecule has 1 unspecified atom stereocenters. The van der Waals surface area contributed by atoms with Gasteiger partial charge in [-0.25, -0.2) is 4.39 Å².